The predicted octanol–water partition coefficient (Wildman–Crippen LogP) is -0.0342. The Morgan fingerprint density at radius 3 is 2.26 bits per heavy atom. The fourth-order valence-corrected chi connectivity index (χ4v) is 10.7. The molecule has 3 aromatic heterocycles. The van der Waals surface area contributed by atoms with Crippen molar-refractivity contribution in [2.45, 2.75) is 88.9 Å². The second-order valence-corrected chi connectivity index (χ2v) is 17.9. The molecule has 19 nitrogen and oxygen atoms in total. The van der Waals surface area contributed by atoms with Crippen molar-refractivity contribution in [1.82, 2.24) is 55.7 Å². The summed E-state index contributed by atoms with van der Waals surface area (Å²) in [7, 11) is 0. The number of likely N-dealkylation sites (tertiary alicyclic amines) is 2. The standard InChI is InChI=1S/C43H60N12O7/c1-27-21-29(22-30-26-46-50-38(27)30)24-33(48-42(61)54-15-8-32(9-16-54)55-35-3-2-10-45-39(35)49-43(55)62)40(59)47-34(23-28-6-13-52(14-7-28)36(56)25-37(57)58)41(60)53-19-17-51(18-20-53)31-4-11-44-12-5-31/h2-5,10-12,27-30,32-34,38,46,50H,6-9,13-26H2,1H3,(H,47,59)(H,48,61)(H,57,58)(H,45,49,62)/p-1/t27?,29?,30?,33-,34+,38?/m1/s1. The van der Waals surface area contributed by atoms with Crippen LogP contribution in [0.4, 0.5) is 10.5 Å². The van der Waals surface area contributed by atoms with Gasteiger partial charge in [0, 0.05) is 95.3 Å². The molecule has 19 heteroatoms. The van der Waals surface area contributed by atoms with E-state index in [1.54, 1.807) is 39.0 Å². The van der Waals surface area contributed by atoms with Gasteiger partial charge >= 0.3 is 11.7 Å². The maximum Gasteiger partial charge on any atom is 0.327 e. The zero-order valence-corrected chi connectivity index (χ0v) is 35.4. The first kappa shape index (κ1) is 43.1. The average Bonchev–Trinajstić information content (AvgIpc) is 3.90. The lowest BCUT2D eigenvalue weighted by Gasteiger charge is -2.40. The van der Waals surface area contributed by atoms with Crippen molar-refractivity contribution < 1.29 is 29.1 Å². The quantitative estimate of drug-likeness (QED) is 0.151. The van der Waals surface area contributed by atoms with Gasteiger partial charge in [-0.25, -0.2) is 14.6 Å². The Hall–Kier alpha value is -5.56. The van der Waals surface area contributed by atoms with Gasteiger partial charge in [-0.2, -0.15) is 0 Å². The molecule has 5 aliphatic rings. The highest BCUT2D eigenvalue weighted by atomic mass is 16.4. The topological polar surface area (TPSA) is 233 Å². The molecule has 5 fully saturated rings. The van der Waals surface area contributed by atoms with Gasteiger partial charge in [0.25, 0.3) is 0 Å². The molecule has 0 bridgehead atoms. The van der Waals surface area contributed by atoms with Crippen LogP contribution in [0.15, 0.2) is 47.7 Å². The number of urea groups is 1. The molecular weight excluding hydrogens is 797 g/mol. The van der Waals surface area contributed by atoms with Crippen LogP contribution < -0.4 is 37.2 Å². The van der Waals surface area contributed by atoms with E-state index >= 15 is 0 Å². The second-order valence-electron chi connectivity index (χ2n) is 17.9. The number of hydrogen-bond acceptors (Lipinski definition) is 12. The zero-order chi connectivity index (χ0) is 43.3. The van der Waals surface area contributed by atoms with E-state index in [0.29, 0.717) is 114 Å². The number of pyridine rings is 2. The van der Waals surface area contributed by atoms with Crippen molar-refractivity contribution >= 4 is 46.6 Å². The number of amides is 5. The summed E-state index contributed by atoms with van der Waals surface area (Å²) in [6.07, 6.45) is 9.20. The molecule has 0 spiro atoms. The van der Waals surface area contributed by atoms with E-state index in [1.807, 2.05) is 18.2 Å². The van der Waals surface area contributed by atoms with Gasteiger partial charge in [0.15, 0.2) is 5.65 Å². The number of piperidine rings is 2. The van der Waals surface area contributed by atoms with Gasteiger partial charge in [0.2, 0.25) is 17.7 Å². The lowest BCUT2D eigenvalue weighted by Crippen LogP contribution is -2.59. The van der Waals surface area contributed by atoms with E-state index in [9.17, 15) is 33.9 Å². The molecule has 334 valence electrons. The maximum absolute atomic E-state index is 14.7. The number of hydrazine groups is 1. The van der Waals surface area contributed by atoms with E-state index in [4.69, 9.17) is 0 Å². The number of hydrogen-bond donors (Lipinski definition) is 5. The number of carbonyl (C=O) groups excluding carboxylic acids is 5. The molecular formula is C43H59N12O7-. The molecule has 5 N–H and O–H groups in total. The third-order valence-electron chi connectivity index (χ3n) is 14.0. The van der Waals surface area contributed by atoms with Crippen LogP contribution in [-0.2, 0) is 19.2 Å². The molecule has 6 atom stereocenters. The number of anilines is 1. The lowest BCUT2D eigenvalue weighted by molar-refractivity contribution is -0.304. The van der Waals surface area contributed by atoms with Gasteiger partial charge in [-0.3, -0.25) is 39.8 Å². The second kappa shape index (κ2) is 19.2. The number of imidazole rings is 1. The molecule has 8 rings (SSSR count). The smallest absolute Gasteiger partial charge is 0.327 e. The Labute approximate surface area is 360 Å². The number of nitrogens with zero attached hydrogens (tertiary/aromatic N) is 7. The van der Waals surface area contributed by atoms with Gasteiger partial charge in [-0.1, -0.05) is 6.92 Å². The first-order chi connectivity index (χ1) is 30.0. The Bertz CT molecular complexity index is 2120. The minimum Gasteiger partial charge on any atom is -0.550 e. The number of carboxylic acids is 1. The van der Waals surface area contributed by atoms with E-state index in [0.717, 1.165) is 30.6 Å². The third-order valence-corrected chi connectivity index (χ3v) is 14.0. The Morgan fingerprint density at radius 1 is 0.823 bits per heavy atom. The van der Waals surface area contributed by atoms with Crippen molar-refractivity contribution in [2.24, 2.45) is 23.7 Å². The number of carbonyl (C=O) groups is 5. The predicted molar refractivity (Wildman–Crippen MR) is 226 cm³/mol. The zero-order valence-electron chi connectivity index (χ0n) is 35.4. The summed E-state index contributed by atoms with van der Waals surface area (Å²) in [6.45, 7) is 6.69. The van der Waals surface area contributed by atoms with Crippen molar-refractivity contribution in [3.63, 3.8) is 0 Å². The Kier molecular flexibility index (Phi) is 13.4. The number of piperazine rings is 1. The first-order valence-electron chi connectivity index (χ1n) is 22.3. The van der Waals surface area contributed by atoms with Crippen LogP contribution >= 0.6 is 0 Å². The van der Waals surface area contributed by atoms with Gasteiger partial charge < -0.3 is 40.1 Å². The monoisotopic (exact) mass is 855 g/mol. The number of fused-ring (bicyclic) bond motifs is 2. The van der Waals surface area contributed by atoms with Crippen molar-refractivity contribution in [2.75, 3.05) is 63.8 Å². The normalized spacial score (nSPS) is 24.7. The van der Waals surface area contributed by atoms with Crippen LogP contribution in [0.1, 0.15) is 70.8 Å². The van der Waals surface area contributed by atoms with Gasteiger partial charge in [0.05, 0.1) is 17.9 Å². The number of aliphatic carboxylic acids is 1. The highest BCUT2D eigenvalue weighted by Crippen LogP contribution is 2.37. The van der Waals surface area contributed by atoms with Gasteiger partial charge in [0.1, 0.15) is 12.1 Å². The van der Waals surface area contributed by atoms with E-state index in [2.05, 4.69) is 48.3 Å². The number of aromatic nitrogens is 4. The average molecular weight is 856 g/mol. The largest absolute Gasteiger partial charge is 0.550 e. The SMILES string of the molecule is CC1CC(C[C@@H](NC(=O)N2CCC(n3c(=O)[nH]c4ncccc43)CC2)C(=O)N[C@@H](CC2CCN(C(=O)CC(=O)[O-])CC2)C(=O)N2CCN(c3ccncc3)CC2)CC2CNNC12. The van der Waals surface area contributed by atoms with Crippen LogP contribution in [0, 0.1) is 23.7 Å². The van der Waals surface area contributed by atoms with Gasteiger partial charge in [-0.15, -0.1) is 0 Å². The molecule has 0 aromatic carbocycles. The highest BCUT2D eigenvalue weighted by molar-refractivity contribution is 5.93. The number of nitrogens with one attached hydrogen (secondary N) is 5. The summed E-state index contributed by atoms with van der Waals surface area (Å²) in [4.78, 5) is 98.4. The third kappa shape index (κ3) is 9.88. The number of rotatable bonds is 12. The maximum atomic E-state index is 14.7. The molecule has 4 aliphatic heterocycles. The molecule has 62 heavy (non-hydrogen) atoms. The highest BCUT2D eigenvalue weighted by Gasteiger charge is 2.41. The van der Waals surface area contributed by atoms with Gasteiger partial charge in [-0.05, 0) is 99.3 Å². The molecule has 1 saturated carbocycles. The molecule has 3 aromatic rings. The van der Waals surface area contributed by atoms with E-state index in [1.165, 1.54) is 4.90 Å². The Balaban J connectivity index is 0.971. The van der Waals surface area contributed by atoms with Crippen LogP contribution in [0.2, 0.25) is 0 Å². The summed E-state index contributed by atoms with van der Waals surface area (Å²) in [5, 5.41) is 17.4. The van der Waals surface area contributed by atoms with Crippen LogP contribution in [0.5, 0.6) is 0 Å². The minimum atomic E-state index is -1.42. The summed E-state index contributed by atoms with van der Waals surface area (Å²) < 4.78 is 1.73. The molecule has 4 unspecified atom stereocenters. The lowest BCUT2D eigenvalue weighted by atomic mass is 9.71. The first-order valence-corrected chi connectivity index (χ1v) is 22.3. The van der Waals surface area contributed by atoms with Crippen molar-refractivity contribution in [3.8, 4) is 0 Å². The Morgan fingerprint density at radius 2 is 1.53 bits per heavy atom. The number of aromatic amines is 1. The summed E-state index contributed by atoms with van der Waals surface area (Å²) in [5.41, 5.74) is 8.76. The fourth-order valence-electron chi connectivity index (χ4n) is 10.7. The number of carboxylic acid groups (broad SMARTS) is 1. The molecule has 4 saturated heterocycles. The minimum absolute atomic E-state index is 0.0115. The van der Waals surface area contributed by atoms with Crippen LogP contribution in [0.3, 0.4) is 0 Å². The van der Waals surface area contributed by atoms with E-state index < -0.39 is 36.3 Å². The van der Waals surface area contributed by atoms with Crippen molar-refractivity contribution in [3.05, 3.63) is 53.3 Å². The number of H-pyrrole nitrogens is 1. The molecule has 7 heterocycles. The van der Waals surface area contributed by atoms with Crippen molar-refractivity contribution in [1.29, 1.82) is 0 Å². The summed E-state index contributed by atoms with van der Waals surface area (Å²) in [6, 6.07) is 5.64. The summed E-state index contributed by atoms with van der Waals surface area (Å²) in [5.74, 6) is -1.59. The fraction of sp³-hybridized carbons (Fsp3) is 0.628. The van der Waals surface area contributed by atoms with Crippen LogP contribution in [-0.4, -0.2) is 141 Å². The molecule has 1 aliphatic carbocycles. The molecule has 0 radical (unpaired) electrons. The molecule has 5 amide bonds. The van der Waals surface area contributed by atoms with E-state index in [-0.39, 0.29) is 35.5 Å². The summed E-state index contributed by atoms with van der Waals surface area (Å²) >= 11 is 0. The van der Waals surface area contributed by atoms with Crippen LogP contribution in [0.25, 0.3) is 11.2 Å².